The molecule has 2 nitrogen and oxygen atoms in total. The Morgan fingerprint density at radius 3 is 2.92 bits per heavy atom. The van der Waals surface area contributed by atoms with Crippen LogP contribution in [0, 0.1) is 14.9 Å². The fourth-order valence-electron chi connectivity index (χ4n) is 0.871. The normalized spacial score (nSPS) is 9.08. The van der Waals surface area contributed by atoms with Crippen molar-refractivity contribution in [3.63, 3.8) is 0 Å². The third-order valence-electron chi connectivity index (χ3n) is 1.36. The maximum Gasteiger partial charge on any atom is 0.137 e. The number of hydrogen-bond donors (Lipinski definition) is 0. The second-order valence-corrected chi connectivity index (χ2v) is 3.43. The summed E-state index contributed by atoms with van der Waals surface area (Å²) < 4.78 is 6.31. The highest BCUT2D eigenvalue weighted by atomic mass is 127. The zero-order chi connectivity index (χ0) is 8.97. The molecule has 0 amide bonds. The van der Waals surface area contributed by atoms with E-state index < -0.39 is 0 Å². The Balaban J connectivity index is 3.05. The number of rotatable bonds is 2. The van der Waals surface area contributed by atoms with Crippen molar-refractivity contribution in [2.24, 2.45) is 0 Å². The van der Waals surface area contributed by atoms with Crippen molar-refractivity contribution < 1.29 is 4.74 Å². The summed E-state index contributed by atoms with van der Waals surface area (Å²) in [7, 11) is 0. The molecule has 0 fully saturated rings. The summed E-state index contributed by atoms with van der Waals surface area (Å²) in [6.45, 7) is 2.49. The van der Waals surface area contributed by atoms with Crippen molar-refractivity contribution in [3.8, 4) is 11.8 Å². The lowest BCUT2D eigenvalue weighted by atomic mass is 10.2. The third-order valence-corrected chi connectivity index (χ3v) is 2.03. The molecular weight excluding hydrogens is 265 g/mol. The molecule has 1 aromatic rings. The lowest BCUT2D eigenvalue weighted by Gasteiger charge is -2.04. The molecule has 0 radical (unpaired) electrons. The van der Waals surface area contributed by atoms with E-state index in [9.17, 15) is 0 Å². The van der Waals surface area contributed by atoms with Gasteiger partial charge in [0.05, 0.1) is 12.2 Å². The predicted molar refractivity (Wildman–Crippen MR) is 55.0 cm³/mol. The van der Waals surface area contributed by atoms with Crippen molar-refractivity contribution >= 4 is 22.6 Å². The maximum absolute atomic E-state index is 8.74. The van der Waals surface area contributed by atoms with Crippen LogP contribution in [0.4, 0.5) is 0 Å². The van der Waals surface area contributed by atoms with Crippen molar-refractivity contribution in [2.75, 3.05) is 6.61 Å². The quantitative estimate of drug-likeness (QED) is 0.776. The Morgan fingerprint density at radius 1 is 1.58 bits per heavy atom. The lowest BCUT2D eigenvalue weighted by molar-refractivity contribution is 0.339. The summed E-state index contributed by atoms with van der Waals surface area (Å²) in [4.78, 5) is 0. The molecule has 1 aromatic carbocycles. The highest BCUT2D eigenvalue weighted by molar-refractivity contribution is 14.1. The van der Waals surface area contributed by atoms with E-state index >= 15 is 0 Å². The minimum Gasteiger partial charge on any atom is -0.492 e. The maximum atomic E-state index is 8.74. The highest BCUT2D eigenvalue weighted by Crippen LogP contribution is 2.19. The Kier molecular flexibility index (Phi) is 3.35. The van der Waals surface area contributed by atoms with Crippen LogP contribution >= 0.6 is 22.6 Å². The number of halogens is 1. The van der Waals surface area contributed by atoms with Crippen LogP contribution in [0.15, 0.2) is 18.2 Å². The van der Waals surface area contributed by atoms with Gasteiger partial charge in [0.15, 0.2) is 0 Å². The molecule has 0 N–H and O–H groups in total. The highest BCUT2D eigenvalue weighted by Gasteiger charge is 2.01. The molecule has 0 aliphatic carbocycles. The molecule has 0 aliphatic rings. The van der Waals surface area contributed by atoms with E-state index in [2.05, 4.69) is 28.7 Å². The van der Waals surface area contributed by atoms with Gasteiger partial charge in [0.2, 0.25) is 0 Å². The molecule has 0 spiro atoms. The largest absolute Gasteiger partial charge is 0.492 e. The molecule has 3 heteroatoms. The Bertz CT molecular complexity index is 317. The van der Waals surface area contributed by atoms with Crippen LogP contribution < -0.4 is 4.74 Å². The van der Waals surface area contributed by atoms with Gasteiger partial charge in [0.25, 0.3) is 0 Å². The molecule has 0 heterocycles. The van der Waals surface area contributed by atoms with Crippen LogP contribution in [0.5, 0.6) is 5.75 Å². The molecule has 12 heavy (non-hydrogen) atoms. The Labute approximate surface area is 85.3 Å². The second kappa shape index (κ2) is 4.31. The Morgan fingerprint density at radius 2 is 2.33 bits per heavy atom. The molecule has 0 unspecified atom stereocenters. The van der Waals surface area contributed by atoms with E-state index in [1.165, 1.54) is 0 Å². The monoisotopic (exact) mass is 273 g/mol. The number of nitriles is 1. The van der Waals surface area contributed by atoms with E-state index in [0.29, 0.717) is 17.9 Å². The molecule has 0 bridgehead atoms. The number of nitrogens with zero attached hydrogens (tertiary/aromatic N) is 1. The van der Waals surface area contributed by atoms with Gasteiger partial charge in [0.1, 0.15) is 11.8 Å². The summed E-state index contributed by atoms with van der Waals surface area (Å²) in [5, 5.41) is 8.74. The first-order valence-electron chi connectivity index (χ1n) is 3.60. The van der Waals surface area contributed by atoms with E-state index in [1.807, 2.05) is 25.1 Å². The first-order valence-corrected chi connectivity index (χ1v) is 4.68. The minimum atomic E-state index is 0.593. The topological polar surface area (TPSA) is 33.0 Å². The minimum absolute atomic E-state index is 0.593. The van der Waals surface area contributed by atoms with Gasteiger partial charge in [-0.3, -0.25) is 0 Å². The van der Waals surface area contributed by atoms with Crippen LogP contribution in [0.3, 0.4) is 0 Å². The standard InChI is InChI=1S/C9H8INO/c1-2-12-9-4-3-8(10)5-7(9)6-11/h3-5H,2H2,1H3. The molecule has 1 rings (SSSR count). The van der Waals surface area contributed by atoms with Gasteiger partial charge in [0, 0.05) is 3.57 Å². The van der Waals surface area contributed by atoms with Crippen LogP contribution in [-0.2, 0) is 0 Å². The van der Waals surface area contributed by atoms with E-state index in [1.54, 1.807) is 0 Å². The van der Waals surface area contributed by atoms with Gasteiger partial charge in [-0.05, 0) is 47.7 Å². The SMILES string of the molecule is CCOc1ccc(I)cc1C#N. The van der Waals surface area contributed by atoms with Crippen molar-refractivity contribution in [2.45, 2.75) is 6.92 Å². The van der Waals surface area contributed by atoms with Crippen molar-refractivity contribution in [1.29, 1.82) is 5.26 Å². The molecule has 0 atom stereocenters. The second-order valence-electron chi connectivity index (χ2n) is 2.19. The van der Waals surface area contributed by atoms with E-state index in [0.717, 1.165) is 3.57 Å². The summed E-state index contributed by atoms with van der Waals surface area (Å²) in [6.07, 6.45) is 0. The smallest absolute Gasteiger partial charge is 0.137 e. The zero-order valence-corrected chi connectivity index (χ0v) is 8.83. The first-order chi connectivity index (χ1) is 5.77. The average Bonchev–Trinajstić information content (AvgIpc) is 2.08. The average molecular weight is 273 g/mol. The predicted octanol–water partition coefficient (Wildman–Crippen LogP) is 2.56. The van der Waals surface area contributed by atoms with Crippen molar-refractivity contribution in [3.05, 3.63) is 27.3 Å². The van der Waals surface area contributed by atoms with Gasteiger partial charge in [-0.2, -0.15) is 5.26 Å². The number of ether oxygens (including phenoxy) is 1. The molecule has 0 aromatic heterocycles. The first kappa shape index (κ1) is 9.33. The lowest BCUT2D eigenvalue weighted by Crippen LogP contribution is -1.94. The van der Waals surface area contributed by atoms with Crippen LogP contribution in [0.1, 0.15) is 12.5 Å². The summed E-state index contributed by atoms with van der Waals surface area (Å²) >= 11 is 2.17. The van der Waals surface area contributed by atoms with Gasteiger partial charge in [-0.1, -0.05) is 0 Å². The molecule has 62 valence electrons. The van der Waals surface area contributed by atoms with Crippen LogP contribution in [0.2, 0.25) is 0 Å². The molecular formula is C9H8INO. The Hall–Kier alpha value is -0.760. The summed E-state index contributed by atoms with van der Waals surface area (Å²) in [6, 6.07) is 7.65. The van der Waals surface area contributed by atoms with Gasteiger partial charge in [-0.15, -0.1) is 0 Å². The molecule has 0 saturated heterocycles. The molecule has 0 aliphatic heterocycles. The fourth-order valence-corrected chi connectivity index (χ4v) is 1.36. The zero-order valence-electron chi connectivity index (χ0n) is 6.67. The summed E-state index contributed by atoms with van der Waals surface area (Å²) in [5.41, 5.74) is 0.601. The van der Waals surface area contributed by atoms with Gasteiger partial charge >= 0.3 is 0 Å². The van der Waals surface area contributed by atoms with Crippen LogP contribution in [-0.4, -0.2) is 6.61 Å². The van der Waals surface area contributed by atoms with E-state index in [-0.39, 0.29) is 0 Å². The fraction of sp³-hybridized carbons (Fsp3) is 0.222. The third kappa shape index (κ3) is 2.11. The van der Waals surface area contributed by atoms with Crippen molar-refractivity contribution in [1.82, 2.24) is 0 Å². The molecule has 0 saturated carbocycles. The van der Waals surface area contributed by atoms with Gasteiger partial charge in [-0.25, -0.2) is 0 Å². The van der Waals surface area contributed by atoms with Crippen LogP contribution in [0.25, 0.3) is 0 Å². The van der Waals surface area contributed by atoms with E-state index in [4.69, 9.17) is 10.00 Å². The number of hydrogen-bond acceptors (Lipinski definition) is 2. The number of benzene rings is 1. The van der Waals surface area contributed by atoms with Gasteiger partial charge < -0.3 is 4.74 Å². The summed E-state index contributed by atoms with van der Waals surface area (Å²) in [5.74, 6) is 0.667.